The topological polar surface area (TPSA) is 101 Å². The lowest BCUT2D eigenvalue weighted by atomic mass is 9.88. The third kappa shape index (κ3) is 3.82. The lowest BCUT2D eigenvalue weighted by Crippen LogP contribution is -2.41. The van der Waals surface area contributed by atoms with Gasteiger partial charge in [0.2, 0.25) is 10.0 Å². The summed E-state index contributed by atoms with van der Waals surface area (Å²) < 4.78 is 28.8. The number of aromatic nitrogens is 2. The summed E-state index contributed by atoms with van der Waals surface area (Å²) in [5.41, 5.74) is -0.0492. The van der Waals surface area contributed by atoms with E-state index in [0.29, 0.717) is 0 Å². The number of aryl methyl sites for hydroxylation is 1. The van der Waals surface area contributed by atoms with Crippen LogP contribution in [-0.2, 0) is 21.4 Å². The van der Waals surface area contributed by atoms with Gasteiger partial charge in [0, 0.05) is 12.2 Å². The lowest BCUT2D eigenvalue weighted by Gasteiger charge is -2.27. The summed E-state index contributed by atoms with van der Waals surface area (Å²) >= 11 is 0. The van der Waals surface area contributed by atoms with E-state index in [9.17, 15) is 13.2 Å². The van der Waals surface area contributed by atoms with Crippen molar-refractivity contribution in [3.63, 3.8) is 0 Å². The highest BCUT2D eigenvalue weighted by atomic mass is 32.2. The quantitative estimate of drug-likeness (QED) is 0.822. The molecule has 1 aliphatic rings. The van der Waals surface area contributed by atoms with Gasteiger partial charge in [0.1, 0.15) is 4.90 Å². The Morgan fingerprint density at radius 2 is 2.29 bits per heavy atom. The van der Waals surface area contributed by atoms with E-state index in [0.717, 1.165) is 19.3 Å². The second-order valence-corrected chi connectivity index (χ2v) is 7.85. The molecule has 1 heterocycles. The van der Waals surface area contributed by atoms with Crippen molar-refractivity contribution in [1.29, 1.82) is 0 Å². The van der Waals surface area contributed by atoms with Crippen molar-refractivity contribution >= 4 is 16.0 Å². The molecule has 8 heteroatoms. The molecule has 1 aromatic heterocycles. The summed E-state index contributed by atoms with van der Waals surface area (Å²) in [4.78, 5) is 10.6. The van der Waals surface area contributed by atoms with Crippen LogP contribution in [-0.4, -0.2) is 35.3 Å². The molecule has 21 heavy (non-hydrogen) atoms. The molecule has 0 bridgehead atoms. The van der Waals surface area contributed by atoms with Gasteiger partial charge < -0.3 is 5.11 Å². The van der Waals surface area contributed by atoms with Crippen LogP contribution in [0.4, 0.5) is 0 Å². The minimum atomic E-state index is -3.61. The molecular formula is C13H21N3O4S. The van der Waals surface area contributed by atoms with E-state index in [2.05, 4.69) is 23.7 Å². The second kappa shape index (κ2) is 5.76. The summed E-state index contributed by atoms with van der Waals surface area (Å²) in [5.74, 6) is -0.944. The first-order valence-electron chi connectivity index (χ1n) is 6.97. The molecule has 1 fully saturated rings. The summed E-state index contributed by atoms with van der Waals surface area (Å²) in [7, 11) is -3.61. The molecule has 0 aromatic carbocycles. The van der Waals surface area contributed by atoms with E-state index in [1.54, 1.807) is 0 Å². The maximum atomic E-state index is 12.3. The second-order valence-electron chi connectivity index (χ2n) is 6.14. The van der Waals surface area contributed by atoms with Gasteiger partial charge in [0.15, 0.2) is 0 Å². The molecule has 2 rings (SSSR count). The highest BCUT2D eigenvalue weighted by molar-refractivity contribution is 7.89. The Kier molecular flexibility index (Phi) is 4.38. The molecule has 0 amide bonds. The van der Waals surface area contributed by atoms with Gasteiger partial charge in [-0.25, -0.2) is 13.1 Å². The molecule has 0 saturated heterocycles. The first-order chi connectivity index (χ1) is 9.71. The molecule has 7 nitrogen and oxygen atoms in total. The highest BCUT2D eigenvalue weighted by Crippen LogP contribution is 2.37. The van der Waals surface area contributed by atoms with Gasteiger partial charge in [0.25, 0.3) is 0 Å². The SMILES string of the molecule is CC1(C)CCCC1NS(=O)(=O)c1cnn(CCC(=O)O)c1. The Bertz CT molecular complexity index is 621. The third-order valence-corrected chi connectivity index (χ3v) is 5.46. The van der Waals surface area contributed by atoms with Crippen molar-refractivity contribution in [3.8, 4) is 0 Å². The summed E-state index contributed by atoms with van der Waals surface area (Å²) in [6.45, 7) is 4.27. The number of aliphatic carboxylic acids is 1. The Hall–Kier alpha value is -1.41. The zero-order valence-corrected chi connectivity index (χ0v) is 13.1. The molecule has 0 spiro atoms. The van der Waals surface area contributed by atoms with Gasteiger partial charge >= 0.3 is 5.97 Å². The number of nitrogens with one attached hydrogen (secondary N) is 1. The van der Waals surface area contributed by atoms with E-state index < -0.39 is 16.0 Å². The number of carbonyl (C=O) groups is 1. The number of rotatable bonds is 6. The van der Waals surface area contributed by atoms with Crippen LogP contribution in [0, 0.1) is 5.41 Å². The monoisotopic (exact) mass is 315 g/mol. The predicted molar refractivity (Wildman–Crippen MR) is 76.2 cm³/mol. The van der Waals surface area contributed by atoms with E-state index >= 15 is 0 Å². The number of hydrogen-bond acceptors (Lipinski definition) is 4. The molecule has 1 unspecified atom stereocenters. The molecule has 0 aliphatic heterocycles. The molecule has 118 valence electrons. The Labute approximate surface area is 124 Å². The van der Waals surface area contributed by atoms with Gasteiger partial charge in [-0.1, -0.05) is 20.3 Å². The molecular weight excluding hydrogens is 294 g/mol. The fourth-order valence-electron chi connectivity index (χ4n) is 2.62. The van der Waals surface area contributed by atoms with E-state index in [1.165, 1.54) is 17.1 Å². The number of carboxylic acid groups (broad SMARTS) is 1. The van der Waals surface area contributed by atoms with Crippen LogP contribution >= 0.6 is 0 Å². The van der Waals surface area contributed by atoms with Gasteiger partial charge in [-0.15, -0.1) is 0 Å². The van der Waals surface area contributed by atoms with E-state index in [4.69, 9.17) is 5.11 Å². The summed E-state index contributed by atoms with van der Waals surface area (Å²) in [5, 5.41) is 12.5. The number of hydrogen-bond donors (Lipinski definition) is 2. The Morgan fingerprint density at radius 3 is 2.86 bits per heavy atom. The van der Waals surface area contributed by atoms with Gasteiger partial charge in [-0.2, -0.15) is 5.10 Å². The predicted octanol–water partition coefficient (Wildman–Crippen LogP) is 1.21. The van der Waals surface area contributed by atoms with E-state index in [1.807, 2.05) is 0 Å². The third-order valence-electron chi connectivity index (χ3n) is 4.03. The Morgan fingerprint density at radius 1 is 1.57 bits per heavy atom. The zero-order valence-electron chi connectivity index (χ0n) is 12.2. The van der Waals surface area contributed by atoms with Crippen LogP contribution in [0.2, 0.25) is 0 Å². The fraction of sp³-hybridized carbons (Fsp3) is 0.692. The van der Waals surface area contributed by atoms with Crippen molar-refractivity contribution in [2.24, 2.45) is 5.41 Å². The summed E-state index contributed by atoms with van der Waals surface area (Å²) in [6, 6.07) is -0.0788. The molecule has 0 radical (unpaired) electrons. The first-order valence-corrected chi connectivity index (χ1v) is 8.46. The number of nitrogens with zero attached hydrogens (tertiary/aromatic N) is 2. The maximum absolute atomic E-state index is 12.3. The molecule has 2 N–H and O–H groups in total. The van der Waals surface area contributed by atoms with Crippen LogP contribution < -0.4 is 4.72 Å². The van der Waals surface area contributed by atoms with Crippen LogP contribution in [0.5, 0.6) is 0 Å². The van der Waals surface area contributed by atoms with Gasteiger partial charge in [-0.05, 0) is 18.3 Å². The Balaban J connectivity index is 2.07. The van der Waals surface area contributed by atoms with Crippen molar-refractivity contribution in [2.75, 3.05) is 0 Å². The minimum absolute atomic E-state index is 0.0492. The average Bonchev–Trinajstić information content (AvgIpc) is 2.95. The minimum Gasteiger partial charge on any atom is -0.481 e. The molecule has 1 aromatic rings. The maximum Gasteiger partial charge on any atom is 0.305 e. The molecule has 1 atom stereocenters. The van der Waals surface area contributed by atoms with Gasteiger partial charge in [-0.3, -0.25) is 9.48 Å². The van der Waals surface area contributed by atoms with Crippen molar-refractivity contribution in [3.05, 3.63) is 12.4 Å². The molecule has 1 aliphatic carbocycles. The average molecular weight is 315 g/mol. The van der Waals surface area contributed by atoms with Crippen molar-refractivity contribution in [2.45, 2.75) is 57.0 Å². The summed E-state index contributed by atoms with van der Waals surface area (Å²) in [6.07, 6.45) is 5.37. The molecule has 1 saturated carbocycles. The van der Waals surface area contributed by atoms with Crippen LogP contribution in [0.1, 0.15) is 39.5 Å². The normalized spacial score (nSPS) is 21.5. The van der Waals surface area contributed by atoms with Gasteiger partial charge in [0.05, 0.1) is 19.2 Å². The van der Waals surface area contributed by atoms with Crippen LogP contribution in [0.3, 0.4) is 0 Å². The van der Waals surface area contributed by atoms with Crippen molar-refractivity contribution < 1.29 is 18.3 Å². The zero-order chi connectivity index (χ0) is 15.7. The smallest absolute Gasteiger partial charge is 0.305 e. The lowest BCUT2D eigenvalue weighted by molar-refractivity contribution is -0.137. The first kappa shape index (κ1) is 16.0. The number of carboxylic acids is 1. The largest absolute Gasteiger partial charge is 0.481 e. The van der Waals surface area contributed by atoms with E-state index in [-0.39, 0.29) is 29.3 Å². The standard InChI is InChI=1S/C13H21N3O4S/c1-13(2)6-3-4-11(13)15-21(19,20)10-8-14-16(9-10)7-5-12(17)18/h8-9,11,15H,3-7H2,1-2H3,(H,17,18). The van der Waals surface area contributed by atoms with Crippen LogP contribution in [0.25, 0.3) is 0 Å². The highest BCUT2D eigenvalue weighted by Gasteiger charge is 2.37. The van der Waals surface area contributed by atoms with Crippen molar-refractivity contribution in [1.82, 2.24) is 14.5 Å². The number of sulfonamides is 1. The van der Waals surface area contributed by atoms with Crippen LogP contribution in [0.15, 0.2) is 17.3 Å². The fourth-order valence-corrected chi connectivity index (χ4v) is 4.01.